The first kappa shape index (κ1) is 14.0. The molecule has 6 heteroatoms. The van der Waals surface area contributed by atoms with Crippen LogP contribution in [0.3, 0.4) is 0 Å². The topological polar surface area (TPSA) is 79.1 Å². The Hall–Kier alpha value is -1.04. The number of halogens is 2. The van der Waals surface area contributed by atoms with Crippen molar-refractivity contribution in [2.24, 2.45) is 5.73 Å². The molecule has 1 aromatic carbocycles. The highest BCUT2D eigenvalue weighted by Crippen LogP contribution is 2.27. The number of rotatable bonds is 3. The van der Waals surface area contributed by atoms with E-state index in [0.29, 0.717) is 6.42 Å². The zero-order chi connectivity index (χ0) is 11.7. The van der Waals surface area contributed by atoms with Gasteiger partial charge in [0.2, 0.25) is 0 Å². The Balaban J connectivity index is 0.00000144. The van der Waals surface area contributed by atoms with Crippen LogP contribution in [0.25, 0.3) is 10.9 Å². The molecule has 0 spiro atoms. The molecule has 92 valence electrons. The van der Waals surface area contributed by atoms with Gasteiger partial charge in [0.05, 0.1) is 0 Å². The molecule has 17 heavy (non-hydrogen) atoms. The quantitative estimate of drug-likeness (QED) is 0.812. The number of hydrogen-bond acceptors (Lipinski definition) is 2. The molecule has 0 bridgehead atoms. The first-order valence-electron chi connectivity index (χ1n) is 4.82. The predicted molar refractivity (Wildman–Crippen MR) is 72.6 cm³/mol. The first-order valence-corrected chi connectivity index (χ1v) is 5.61. The second-order valence-corrected chi connectivity index (χ2v) is 4.48. The standard InChI is InChI=1S/C11H11BrN2O2.ClH/c12-7-2-1-3-9-10(7)6(5-14-9)4-8(13)11(15)16;/h1-3,5,8,14H,4,13H2,(H,15,16);1H. The third kappa shape index (κ3) is 2.80. The Kier molecular flexibility index (Phi) is 4.56. The molecule has 0 aliphatic heterocycles. The summed E-state index contributed by atoms with van der Waals surface area (Å²) in [6, 6.07) is 4.91. The van der Waals surface area contributed by atoms with Crippen LogP contribution in [0.15, 0.2) is 28.9 Å². The summed E-state index contributed by atoms with van der Waals surface area (Å²) >= 11 is 3.45. The monoisotopic (exact) mass is 318 g/mol. The van der Waals surface area contributed by atoms with Crippen molar-refractivity contribution in [1.29, 1.82) is 0 Å². The Morgan fingerprint density at radius 2 is 2.24 bits per heavy atom. The third-order valence-electron chi connectivity index (χ3n) is 2.49. The zero-order valence-electron chi connectivity index (χ0n) is 8.81. The van der Waals surface area contributed by atoms with Crippen molar-refractivity contribution in [3.63, 3.8) is 0 Å². The van der Waals surface area contributed by atoms with Gasteiger partial charge in [0.1, 0.15) is 6.04 Å². The number of carboxylic acids is 1. The van der Waals surface area contributed by atoms with Crippen LogP contribution in [0, 0.1) is 0 Å². The molecule has 0 radical (unpaired) electrons. The van der Waals surface area contributed by atoms with Crippen molar-refractivity contribution in [1.82, 2.24) is 4.98 Å². The van der Waals surface area contributed by atoms with Crippen molar-refractivity contribution < 1.29 is 9.90 Å². The fraction of sp³-hybridized carbons (Fsp3) is 0.182. The van der Waals surface area contributed by atoms with E-state index in [4.69, 9.17) is 10.8 Å². The van der Waals surface area contributed by atoms with Crippen LogP contribution in [-0.2, 0) is 11.2 Å². The van der Waals surface area contributed by atoms with Crippen LogP contribution >= 0.6 is 28.3 Å². The van der Waals surface area contributed by atoms with E-state index in [1.54, 1.807) is 6.20 Å². The summed E-state index contributed by atoms with van der Waals surface area (Å²) in [6.07, 6.45) is 2.12. The SMILES string of the molecule is Cl.NC(Cc1c[nH]c2cccc(Br)c12)C(=O)O. The molecule has 0 aliphatic rings. The highest BCUT2D eigenvalue weighted by molar-refractivity contribution is 9.10. The first-order chi connectivity index (χ1) is 7.59. The number of aliphatic carboxylic acids is 1. The summed E-state index contributed by atoms with van der Waals surface area (Å²) in [5, 5.41) is 9.77. The number of carboxylic acid groups (broad SMARTS) is 1. The molecule has 0 amide bonds. The average Bonchev–Trinajstić information content (AvgIpc) is 2.63. The lowest BCUT2D eigenvalue weighted by atomic mass is 10.1. The third-order valence-corrected chi connectivity index (χ3v) is 3.15. The molecule has 2 rings (SSSR count). The van der Waals surface area contributed by atoms with Gasteiger partial charge in [0, 0.05) is 28.0 Å². The maximum atomic E-state index is 10.7. The zero-order valence-corrected chi connectivity index (χ0v) is 11.2. The molecule has 1 heterocycles. The number of nitrogens with two attached hydrogens (primary N) is 1. The fourth-order valence-corrected chi connectivity index (χ4v) is 2.31. The molecule has 0 saturated heterocycles. The number of aromatic nitrogens is 1. The number of aromatic amines is 1. The summed E-state index contributed by atoms with van der Waals surface area (Å²) in [5.41, 5.74) is 7.41. The van der Waals surface area contributed by atoms with Gasteiger partial charge in [-0.2, -0.15) is 0 Å². The van der Waals surface area contributed by atoms with Crippen LogP contribution in [0.1, 0.15) is 5.56 Å². The molecule has 0 aliphatic carbocycles. The Morgan fingerprint density at radius 3 is 2.88 bits per heavy atom. The molecule has 1 aromatic heterocycles. The van der Waals surface area contributed by atoms with Crippen LogP contribution in [0.4, 0.5) is 0 Å². The van der Waals surface area contributed by atoms with Gasteiger partial charge in [-0.15, -0.1) is 12.4 Å². The van der Waals surface area contributed by atoms with E-state index in [1.165, 1.54) is 0 Å². The molecule has 4 N–H and O–H groups in total. The minimum absolute atomic E-state index is 0. The van der Waals surface area contributed by atoms with Crippen molar-refractivity contribution in [3.8, 4) is 0 Å². The van der Waals surface area contributed by atoms with E-state index in [2.05, 4.69) is 20.9 Å². The molecular weight excluding hydrogens is 307 g/mol. The summed E-state index contributed by atoms with van der Waals surface area (Å²) in [4.78, 5) is 13.8. The molecule has 1 atom stereocenters. The molecule has 0 fully saturated rings. The van der Waals surface area contributed by atoms with Gasteiger partial charge in [-0.25, -0.2) is 0 Å². The number of fused-ring (bicyclic) bond motifs is 1. The van der Waals surface area contributed by atoms with Gasteiger partial charge in [0.15, 0.2) is 0 Å². The summed E-state index contributed by atoms with van der Waals surface area (Å²) in [7, 11) is 0. The van der Waals surface area contributed by atoms with Gasteiger partial charge >= 0.3 is 5.97 Å². The van der Waals surface area contributed by atoms with E-state index >= 15 is 0 Å². The van der Waals surface area contributed by atoms with Crippen LogP contribution in [-0.4, -0.2) is 22.1 Å². The number of H-pyrrole nitrogens is 1. The molecule has 0 saturated carbocycles. The van der Waals surface area contributed by atoms with Gasteiger partial charge in [-0.05, 0) is 17.7 Å². The minimum Gasteiger partial charge on any atom is -0.480 e. The second kappa shape index (κ2) is 5.53. The Labute approximate surface area is 113 Å². The number of hydrogen-bond donors (Lipinski definition) is 3. The van der Waals surface area contributed by atoms with E-state index in [9.17, 15) is 4.79 Å². The molecule has 1 unspecified atom stereocenters. The number of nitrogens with one attached hydrogen (secondary N) is 1. The van der Waals surface area contributed by atoms with Crippen LogP contribution < -0.4 is 5.73 Å². The van der Waals surface area contributed by atoms with E-state index < -0.39 is 12.0 Å². The Morgan fingerprint density at radius 1 is 1.53 bits per heavy atom. The van der Waals surface area contributed by atoms with Crippen LogP contribution in [0.5, 0.6) is 0 Å². The highest BCUT2D eigenvalue weighted by Gasteiger charge is 2.15. The van der Waals surface area contributed by atoms with Gasteiger partial charge in [0.25, 0.3) is 0 Å². The maximum absolute atomic E-state index is 10.7. The average molecular weight is 320 g/mol. The van der Waals surface area contributed by atoms with Crippen LogP contribution in [0.2, 0.25) is 0 Å². The summed E-state index contributed by atoms with van der Waals surface area (Å²) < 4.78 is 0.943. The highest BCUT2D eigenvalue weighted by atomic mass is 79.9. The second-order valence-electron chi connectivity index (χ2n) is 3.63. The lowest BCUT2D eigenvalue weighted by Crippen LogP contribution is -2.32. The van der Waals surface area contributed by atoms with Gasteiger partial charge < -0.3 is 15.8 Å². The number of benzene rings is 1. The Bertz CT molecular complexity index is 541. The normalized spacial score (nSPS) is 12.1. The smallest absolute Gasteiger partial charge is 0.320 e. The number of carbonyl (C=O) groups is 1. The molecule has 2 aromatic rings. The maximum Gasteiger partial charge on any atom is 0.320 e. The van der Waals surface area contributed by atoms with E-state index in [0.717, 1.165) is 20.9 Å². The summed E-state index contributed by atoms with van der Waals surface area (Å²) in [6.45, 7) is 0. The molecular formula is C11H12BrClN2O2. The van der Waals surface area contributed by atoms with E-state index in [1.807, 2.05) is 18.2 Å². The lowest BCUT2D eigenvalue weighted by Gasteiger charge is -2.05. The lowest BCUT2D eigenvalue weighted by molar-refractivity contribution is -0.138. The largest absolute Gasteiger partial charge is 0.480 e. The van der Waals surface area contributed by atoms with E-state index in [-0.39, 0.29) is 12.4 Å². The van der Waals surface area contributed by atoms with Crippen molar-refractivity contribution in [2.75, 3.05) is 0 Å². The van der Waals surface area contributed by atoms with Gasteiger partial charge in [-0.3, -0.25) is 4.79 Å². The molecule has 4 nitrogen and oxygen atoms in total. The van der Waals surface area contributed by atoms with Crippen molar-refractivity contribution >= 4 is 45.2 Å². The fourth-order valence-electron chi connectivity index (χ4n) is 1.69. The van der Waals surface area contributed by atoms with Crippen molar-refractivity contribution in [3.05, 3.63) is 34.4 Å². The van der Waals surface area contributed by atoms with Crippen molar-refractivity contribution in [2.45, 2.75) is 12.5 Å². The minimum atomic E-state index is -0.985. The summed E-state index contributed by atoms with van der Waals surface area (Å²) in [5.74, 6) is -0.985. The predicted octanol–water partition coefficient (Wildman–Crippen LogP) is 2.31. The van der Waals surface area contributed by atoms with Gasteiger partial charge in [-0.1, -0.05) is 22.0 Å².